The number of carboxylic acid groups (broad SMARTS) is 1. The maximum atomic E-state index is 10.2. The molecule has 62 valence electrons. The van der Waals surface area contributed by atoms with Gasteiger partial charge in [-0.25, -0.2) is 4.79 Å². The van der Waals surface area contributed by atoms with Crippen LogP contribution < -0.4 is 0 Å². The number of carboxylic acids is 1. The van der Waals surface area contributed by atoms with Crippen LogP contribution in [-0.2, 0) is 0 Å². The van der Waals surface area contributed by atoms with Gasteiger partial charge >= 0.3 is 5.97 Å². The highest BCUT2D eigenvalue weighted by Crippen LogP contribution is 1.99. The van der Waals surface area contributed by atoms with Gasteiger partial charge in [-0.1, -0.05) is 13.8 Å². The molecule has 1 aromatic rings. The van der Waals surface area contributed by atoms with Crippen LogP contribution >= 0.6 is 0 Å². The van der Waals surface area contributed by atoms with Crippen molar-refractivity contribution in [3.8, 4) is 0 Å². The number of rotatable bonds is 1. The molecule has 0 saturated heterocycles. The van der Waals surface area contributed by atoms with Crippen molar-refractivity contribution < 1.29 is 9.90 Å². The van der Waals surface area contributed by atoms with Gasteiger partial charge in [0, 0.05) is 5.56 Å². The Balaban J connectivity index is 0.000000461. The van der Waals surface area contributed by atoms with Crippen molar-refractivity contribution in [2.24, 2.45) is 0 Å². The molecular weight excluding hydrogens is 144 g/mol. The van der Waals surface area contributed by atoms with Gasteiger partial charge in [0.2, 0.25) is 0 Å². The molecule has 4 nitrogen and oxygen atoms in total. The minimum Gasteiger partial charge on any atom is -0.477 e. The molecule has 4 heteroatoms. The molecule has 0 aliphatic rings. The lowest BCUT2D eigenvalue weighted by Crippen LogP contribution is -1.98. The second-order valence-electron chi connectivity index (χ2n) is 1.73. The van der Waals surface area contributed by atoms with Gasteiger partial charge < -0.3 is 5.11 Å². The third-order valence-electron chi connectivity index (χ3n) is 1.04. The summed E-state index contributed by atoms with van der Waals surface area (Å²) in [5, 5.41) is 14.3. The number of hydrogen-bond donors (Lipinski definition) is 2. The van der Waals surface area contributed by atoms with E-state index in [-0.39, 0.29) is 5.69 Å². The summed E-state index contributed by atoms with van der Waals surface area (Å²) in [5.41, 5.74) is 0.817. The lowest BCUT2D eigenvalue weighted by Gasteiger charge is -1.85. The molecule has 1 heterocycles. The summed E-state index contributed by atoms with van der Waals surface area (Å²) in [5.74, 6) is -0.968. The quantitative estimate of drug-likeness (QED) is 0.646. The van der Waals surface area contributed by atoms with Crippen LogP contribution in [-0.4, -0.2) is 21.3 Å². The lowest BCUT2D eigenvalue weighted by atomic mass is 10.3. The highest BCUT2D eigenvalue weighted by atomic mass is 16.4. The minimum atomic E-state index is -0.968. The molecule has 0 amide bonds. The first-order valence-corrected chi connectivity index (χ1v) is 3.45. The number of H-pyrrole nitrogens is 1. The van der Waals surface area contributed by atoms with Crippen LogP contribution in [0.4, 0.5) is 0 Å². The summed E-state index contributed by atoms with van der Waals surface area (Å²) in [6, 6.07) is 0. The Bertz CT molecular complexity index is 230. The van der Waals surface area contributed by atoms with E-state index in [9.17, 15) is 4.79 Å². The first-order valence-electron chi connectivity index (χ1n) is 3.45. The largest absolute Gasteiger partial charge is 0.477 e. The Labute approximate surface area is 65.3 Å². The molecule has 1 rings (SSSR count). The number of aromatic nitrogens is 2. The zero-order valence-electron chi connectivity index (χ0n) is 6.88. The number of aryl methyl sites for hydroxylation is 1. The summed E-state index contributed by atoms with van der Waals surface area (Å²) < 4.78 is 0. The lowest BCUT2D eigenvalue weighted by molar-refractivity contribution is 0.0689. The maximum absolute atomic E-state index is 10.2. The highest BCUT2D eigenvalue weighted by molar-refractivity contribution is 5.86. The first-order chi connectivity index (χ1) is 5.22. The molecule has 0 spiro atoms. The normalized spacial score (nSPS) is 8.27. The summed E-state index contributed by atoms with van der Waals surface area (Å²) >= 11 is 0. The second kappa shape index (κ2) is 4.49. The van der Waals surface area contributed by atoms with E-state index < -0.39 is 5.97 Å². The van der Waals surface area contributed by atoms with E-state index in [0.717, 1.165) is 0 Å². The Morgan fingerprint density at radius 3 is 2.36 bits per heavy atom. The van der Waals surface area contributed by atoms with Gasteiger partial charge in [-0.05, 0) is 6.92 Å². The van der Waals surface area contributed by atoms with E-state index in [1.54, 1.807) is 6.92 Å². The standard InChI is InChI=1S/C5H6N2O2.C2H6/c1-3-2-6-7-4(3)5(8)9;1-2/h2H,1H3,(H,6,7)(H,8,9);1-2H3. The van der Waals surface area contributed by atoms with E-state index in [2.05, 4.69) is 10.2 Å². The van der Waals surface area contributed by atoms with Gasteiger partial charge in [0.15, 0.2) is 0 Å². The third-order valence-corrected chi connectivity index (χ3v) is 1.04. The molecule has 1 aromatic heterocycles. The fraction of sp³-hybridized carbons (Fsp3) is 0.429. The molecule has 0 bridgehead atoms. The van der Waals surface area contributed by atoms with E-state index in [1.165, 1.54) is 6.20 Å². The van der Waals surface area contributed by atoms with Crippen molar-refractivity contribution in [2.75, 3.05) is 0 Å². The highest BCUT2D eigenvalue weighted by Gasteiger charge is 2.06. The van der Waals surface area contributed by atoms with Gasteiger partial charge in [0.1, 0.15) is 5.69 Å². The fourth-order valence-corrected chi connectivity index (χ4v) is 0.563. The predicted molar refractivity (Wildman–Crippen MR) is 41.6 cm³/mol. The van der Waals surface area contributed by atoms with Crippen LogP contribution in [0.2, 0.25) is 0 Å². The van der Waals surface area contributed by atoms with Crippen LogP contribution in [0.5, 0.6) is 0 Å². The van der Waals surface area contributed by atoms with Crippen molar-refractivity contribution in [1.29, 1.82) is 0 Å². The number of hydrogen-bond acceptors (Lipinski definition) is 2. The topological polar surface area (TPSA) is 66.0 Å². The molecule has 0 unspecified atom stereocenters. The summed E-state index contributed by atoms with van der Waals surface area (Å²) in [6.45, 7) is 5.69. The molecule has 2 N–H and O–H groups in total. The van der Waals surface area contributed by atoms with Gasteiger partial charge in [-0.3, -0.25) is 5.10 Å². The van der Waals surface area contributed by atoms with E-state index >= 15 is 0 Å². The van der Waals surface area contributed by atoms with Crippen molar-refractivity contribution in [3.05, 3.63) is 17.5 Å². The average molecular weight is 156 g/mol. The van der Waals surface area contributed by atoms with Gasteiger partial charge in [0.05, 0.1) is 6.20 Å². The molecule has 0 fully saturated rings. The van der Waals surface area contributed by atoms with Crippen molar-refractivity contribution in [1.82, 2.24) is 10.2 Å². The van der Waals surface area contributed by atoms with Crippen molar-refractivity contribution in [3.63, 3.8) is 0 Å². The van der Waals surface area contributed by atoms with E-state index in [1.807, 2.05) is 13.8 Å². The maximum Gasteiger partial charge on any atom is 0.354 e. The van der Waals surface area contributed by atoms with Crippen LogP contribution in [0, 0.1) is 6.92 Å². The van der Waals surface area contributed by atoms with Crippen LogP contribution in [0.15, 0.2) is 6.20 Å². The van der Waals surface area contributed by atoms with E-state index in [4.69, 9.17) is 5.11 Å². The van der Waals surface area contributed by atoms with Crippen molar-refractivity contribution in [2.45, 2.75) is 20.8 Å². The summed E-state index contributed by atoms with van der Waals surface area (Å²) in [6.07, 6.45) is 1.48. The SMILES string of the molecule is CC.Cc1cn[nH]c1C(=O)O. The van der Waals surface area contributed by atoms with Crippen LogP contribution in [0.25, 0.3) is 0 Å². The predicted octanol–water partition coefficient (Wildman–Crippen LogP) is 1.44. The Hall–Kier alpha value is -1.32. The third kappa shape index (κ3) is 2.41. The van der Waals surface area contributed by atoms with Crippen LogP contribution in [0.3, 0.4) is 0 Å². The van der Waals surface area contributed by atoms with Gasteiger partial charge in [-0.15, -0.1) is 0 Å². The number of nitrogens with one attached hydrogen (secondary N) is 1. The molecule has 11 heavy (non-hydrogen) atoms. The minimum absolute atomic E-state index is 0.162. The molecule has 0 saturated carbocycles. The van der Waals surface area contributed by atoms with Crippen molar-refractivity contribution >= 4 is 5.97 Å². The first kappa shape index (κ1) is 9.68. The zero-order valence-corrected chi connectivity index (χ0v) is 6.88. The Morgan fingerprint density at radius 2 is 2.18 bits per heavy atom. The Morgan fingerprint density at radius 1 is 1.64 bits per heavy atom. The van der Waals surface area contributed by atoms with Gasteiger partial charge in [-0.2, -0.15) is 5.10 Å². The summed E-state index contributed by atoms with van der Waals surface area (Å²) in [7, 11) is 0. The molecule has 0 aromatic carbocycles. The van der Waals surface area contributed by atoms with Crippen LogP contribution in [0.1, 0.15) is 29.9 Å². The average Bonchev–Trinajstić information content (AvgIpc) is 2.39. The summed E-state index contributed by atoms with van der Waals surface area (Å²) in [4.78, 5) is 10.2. The molecule has 0 atom stereocenters. The monoisotopic (exact) mass is 156 g/mol. The van der Waals surface area contributed by atoms with Gasteiger partial charge in [0.25, 0.3) is 0 Å². The number of carbonyl (C=O) groups is 1. The second-order valence-corrected chi connectivity index (χ2v) is 1.73. The number of aromatic amines is 1. The number of nitrogens with zero attached hydrogens (tertiary/aromatic N) is 1. The molecule has 0 aliphatic heterocycles. The molecule has 0 aliphatic carbocycles. The zero-order chi connectivity index (χ0) is 8.85. The fourth-order valence-electron chi connectivity index (χ4n) is 0.563. The Kier molecular flexibility index (Phi) is 3.95. The molecular formula is C7H12N2O2. The smallest absolute Gasteiger partial charge is 0.354 e. The number of aromatic carboxylic acids is 1. The van der Waals surface area contributed by atoms with E-state index in [0.29, 0.717) is 5.56 Å². The molecule has 0 radical (unpaired) electrons.